The lowest BCUT2D eigenvalue weighted by Gasteiger charge is -2.24. The molecule has 2 heteroatoms. The molecule has 1 aliphatic rings. The first kappa shape index (κ1) is 14.4. The van der Waals surface area contributed by atoms with E-state index >= 15 is 0 Å². The minimum Gasteiger partial charge on any atom is -0.496 e. The summed E-state index contributed by atoms with van der Waals surface area (Å²) in [4.78, 5) is 0. The van der Waals surface area contributed by atoms with Gasteiger partial charge >= 0.3 is 0 Å². The molecule has 0 bridgehead atoms. The molecule has 0 aromatic heterocycles. The molecule has 2 rings (SSSR count). The third-order valence-corrected chi connectivity index (χ3v) is 4.35. The average Bonchev–Trinajstić information content (AvgIpc) is 2.97. The largest absolute Gasteiger partial charge is 0.496 e. The molecular formula is C17H27NO. The van der Waals surface area contributed by atoms with Crippen LogP contribution >= 0.6 is 0 Å². The Bertz CT molecular complexity index is 371. The smallest absolute Gasteiger partial charge is 0.122 e. The summed E-state index contributed by atoms with van der Waals surface area (Å²) >= 11 is 0. The summed E-state index contributed by atoms with van der Waals surface area (Å²) in [6, 6.07) is 9.08. The third kappa shape index (κ3) is 3.97. The van der Waals surface area contributed by atoms with Gasteiger partial charge in [0.2, 0.25) is 0 Å². The molecule has 1 N–H and O–H groups in total. The second-order valence-corrected chi connectivity index (χ2v) is 5.56. The molecule has 1 aliphatic carbocycles. The molecule has 0 amide bonds. The summed E-state index contributed by atoms with van der Waals surface area (Å²) in [6.45, 7) is 3.29. The zero-order valence-electron chi connectivity index (χ0n) is 12.3. The lowest BCUT2D eigenvalue weighted by molar-refractivity contribution is 0.343. The van der Waals surface area contributed by atoms with Crippen LogP contribution in [0.4, 0.5) is 0 Å². The monoisotopic (exact) mass is 261 g/mol. The van der Waals surface area contributed by atoms with Gasteiger partial charge < -0.3 is 10.1 Å². The predicted octanol–water partition coefficient (Wildman–Crippen LogP) is 3.80. The fourth-order valence-electron chi connectivity index (χ4n) is 3.35. The van der Waals surface area contributed by atoms with Gasteiger partial charge in [0.15, 0.2) is 0 Å². The van der Waals surface area contributed by atoms with E-state index in [2.05, 4.69) is 30.4 Å². The number of nitrogens with one attached hydrogen (secondary N) is 1. The van der Waals surface area contributed by atoms with Crippen LogP contribution in [0.3, 0.4) is 0 Å². The van der Waals surface area contributed by atoms with Gasteiger partial charge in [-0.3, -0.25) is 0 Å². The molecule has 0 aliphatic heterocycles. The first-order valence-corrected chi connectivity index (χ1v) is 7.70. The second kappa shape index (κ2) is 7.54. The van der Waals surface area contributed by atoms with E-state index in [1.54, 1.807) is 7.11 Å². The van der Waals surface area contributed by atoms with Crippen LogP contribution in [0.2, 0.25) is 0 Å². The fourth-order valence-corrected chi connectivity index (χ4v) is 3.35. The Balaban J connectivity index is 1.93. The highest BCUT2D eigenvalue weighted by Crippen LogP contribution is 2.30. The van der Waals surface area contributed by atoms with Crippen molar-refractivity contribution in [3.05, 3.63) is 29.8 Å². The minimum absolute atomic E-state index is 0.678. The Morgan fingerprint density at radius 3 is 2.68 bits per heavy atom. The molecule has 0 radical (unpaired) electrons. The average molecular weight is 261 g/mol. The van der Waals surface area contributed by atoms with Gasteiger partial charge in [-0.25, -0.2) is 0 Å². The molecule has 1 atom stereocenters. The summed E-state index contributed by atoms with van der Waals surface area (Å²) in [7, 11) is 1.76. The van der Waals surface area contributed by atoms with Gasteiger partial charge in [-0.15, -0.1) is 0 Å². The van der Waals surface area contributed by atoms with Gasteiger partial charge in [-0.2, -0.15) is 0 Å². The number of methoxy groups -OCH3 is 1. The molecule has 1 aromatic rings. The second-order valence-electron chi connectivity index (χ2n) is 5.56. The Morgan fingerprint density at radius 1 is 1.26 bits per heavy atom. The molecule has 0 saturated heterocycles. The first-order chi connectivity index (χ1) is 9.35. The Labute approximate surface area is 117 Å². The molecule has 106 valence electrons. The molecule has 2 nitrogen and oxygen atoms in total. The van der Waals surface area contributed by atoms with Crippen LogP contribution in [0.25, 0.3) is 0 Å². The fraction of sp³-hybridized carbons (Fsp3) is 0.647. The molecule has 0 heterocycles. The molecule has 1 saturated carbocycles. The lowest BCUT2D eigenvalue weighted by Crippen LogP contribution is -2.35. The maximum absolute atomic E-state index is 5.44. The summed E-state index contributed by atoms with van der Waals surface area (Å²) in [6.07, 6.45) is 7.98. The number of rotatable bonds is 7. The van der Waals surface area contributed by atoms with E-state index in [0.717, 1.165) is 24.6 Å². The Hall–Kier alpha value is -1.02. The van der Waals surface area contributed by atoms with Crippen molar-refractivity contribution in [1.29, 1.82) is 0 Å². The lowest BCUT2D eigenvalue weighted by atomic mass is 9.92. The van der Waals surface area contributed by atoms with Crippen LogP contribution in [0.5, 0.6) is 5.75 Å². The molecule has 19 heavy (non-hydrogen) atoms. The van der Waals surface area contributed by atoms with Crippen LogP contribution in [-0.4, -0.2) is 19.7 Å². The standard InChI is InChI=1S/C17H27NO/c1-3-18-16(14-8-4-5-9-14)13-12-15-10-6-7-11-17(15)19-2/h6-7,10-11,14,16,18H,3-5,8-9,12-13H2,1-2H3. The van der Waals surface area contributed by atoms with Gasteiger partial charge in [0.1, 0.15) is 5.75 Å². The maximum atomic E-state index is 5.44. The Kier molecular flexibility index (Phi) is 5.71. The van der Waals surface area contributed by atoms with Crippen LogP contribution in [0.15, 0.2) is 24.3 Å². The molecule has 1 fully saturated rings. The molecule has 0 spiro atoms. The van der Waals surface area contributed by atoms with Gasteiger partial charge in [-0.1, -0.05) is 38.0 Å². The van der Waals surface area contributed by atoms with Crippen molar-refractivity contribution in [2.45, 2.75) is 51.5 Å². The first-order valence-electron chi connectivity index (χ1n) is 7.70. The number of para-hydroxylation sites is 1. The highest BCUT2D eigenvalue weighted by molar-refractivity contribution is 5.33. The van der Waals surface area contributed by atoms with Crippen molar-refractivity contribution >= 4 is 0 Å². The topological polar surface area (TPSA) is 21.3 Å². The zero-order chi connectivity index (χ0) is 13.5. The number of aryl methyl sites for hydroxylation is 1. The van der Waals surface area contributed by atoms with Crippen LogP contribution in [0.1, 0.15) is 44.6 Å². The van der Waals surface area contributed by atoms with E-state index in [1.807, 2.05) is 6.07 Å². The number of hydrogen-bond donors (Lipinski definition) is 1. The summed E-state index contributed by atoms with van der Waals surface area (Å²) in [5, 5.41) is 3.69. The van der Waals surface area contributed by atoms with Crippen LogP contribution in [0, 0.1) is 5.92 Å². The zero-order valence-corrected chi connectivity index (χ0v) is 12.3. The van der Waals surface area contributed by atoms with Crippen molar-refractivity contribution < 1.29 is 4.74 Å². The normalized spacial score (nSPS) is 17.6. The number of benzene rings is 1. The summed E-state index contributed by atoms with van der Waals surface area (Å²) in [5.41, 5.74) is 1.34. The summed E-state index contributed by atoms with van der Waals surface area (Å²) in [5.74, 6) is 1.92. The van der Waals surface area contributed by atoms with Gasteiger partial charge in [0, 0.05) is 6.04 Å². The minimum atomic E-state index is 0.678. The SMILES string of the molecule is CCNC(CCc1ccccc1OC)C1CCCC1. The maximum Gasteiger partial charge on any atom is 0.122 e. The third-order valence-electron chi connectivity index (χ3n) is 4.35. The van der Waals surface area contributed by atoms with Crippen molar-refractivity contribution in [2.75, 3.05) is 13.7 Å². The predicted molar refractivity (Wildman–Crippen MR) is 80.7 cm³/mol. The van der Waals surface area contributed by atoms with Crippen molar-refractivity contribution in [1.82, 2.24) is 5.32 Å². The van der Waals surface area contributed by atoms with Crippen LogP contribution in [-0.2, 0) is 6.42 Å². The van der Waals surface area contributed by atoms with Crippen molar-refractivity contribution in [2.24, 2.45) is 5.92 Å². The highest BCUT2D eigenvalue weighted by Gasteiger charge is 2.24. The van der Waals surface area contributed by atoms with E-state index in [9.17, 15) is 0 Å². The van der Waals surface area contributed by atoms with Gasteiger partial charge in [0.05, 0.1) is 7.11 Å². The van der Waals surface area contributed by atoms with E-state index in [4.69, 9.17) is 4.74 Å². The highest BCUT2D eigenvalue weighted by atomic mass is 16.5. The van der Waals surface area contributed by atoms with E-state index in [0.29, 0.717) is 6.04 Å². The quantitative estimate of drug-likeness (QED) is 0.806. The molecular weight excluding hydrogens is 234 g/mol. The Morgan fingerprint density at radius 2 is 2.00 bits per heavy atom. The van der Waals surface area contributed by atoms with Crippen molar-refractivity contribution in [3.8, 4) is 5.75 Å². The van der Waals surface area contributed by atoms with Crippen molar-refractivity contribution in [3.63, 3.8) is 0 Å². The number of hydrogen-bond acceptors (Lipinski definition) is 2. The number of ether oxygens (including phenoxy) is 1. The van der Waals surface area contributed by atoms with E-state index in [1.165, 1.54) is 37.7 Å². The van der Waals surface area contributed by atoms with Gasteiger partial charge in [-0.05, 0) is 49.8 Å². The molecule has 1 unspecified atom stereocenters. The van der Waals surface area contributed by atoms with Gasteiger partial charge in [0.25, 0.3) is 0 Å². The van der Waals surface area contributed by atoms with E-state index < -0.39 is 0 Å². The van der Waals surface area contributed by atoms with Crippen LogP contribution < -0.4 is 10.1 Å². The summed E-state index contributed by atoms with van der Waals surface area (Å²) < 4.78 is 5.44. The molecule has 1 aromatic carbocycles. The van der Waals surface area contributed by atoms with E-state index in [-0.39, 0.29) is 0 Å².